The van der Waals surface area contributed by atoms with Gasteiger partial charge in [0, 0.05) is 6.54 Å². The minimum atomic E-state index is -0.103. The first-order valence-electron chi connectivity index (χ1n) is 8.06. The first-order valence-corrected chi connectivity index (χ1v) is 8.06. The van der Waals surface area contributed by atoms with Crippen LogP contribution in [-0.2, 0) is 11.3 Å². The number of benzene rings is 2. The van der Waals surface area contributed by atoms with E-state index in [0.717, 1.165) is 12.0 Å². The van der Waals surface area contributed by atoms with E-state index >= 15 is 0 Å². The molecule has 0 saturated carbocycles. The lowest BCUT2D eigenvalue weighted by Gasteiger charge is -2.23. The second kappa shape index (κ2) is 6.74. The van der Waals surface area contributed by atoms with Crippen LogP contribution in [0, 0.1) is 0 Å². The standard InChI is InChI=1S/C19H20N2O3/c1-2-11-20-13-18(23)21(12-14-7-9-15(22)10-8-14)17-6-4-3-5-16(17)19(20)24/h3-10,22H,2,11-13H2,1H3. The molecule has 0 radical (unpaired) electrons. The fraction of sp³-hybridized carbons (Fsp3) is 0.263. The van der Waals surface area contributed by atoms with Crippen molar-refractivity contribution in [1.29, 1.82) is 0 Å². The van der Waals surface area contributed by atoms with Crippen LogP contribution >= 0.6 is 0 Å². The Hall–Kier alpha value is -2.82. The van der Waals surface area contributed by atoms with Gasteiger partial charge in [0.15, 0.2) is 0 Å². The van der Waals surface area contributed by atoms with Crippen molar-refractivity contribution in [3.63, 3.8) is 0 Å². The Morgan fingerprint density at radius 2 is 1.75 bits per heavy atom. The van der Waals surface area contributed by atoms with Crippen LogP contribution in [0.4, 0.5) is 5.69 Å². The van der Waals surface area contributed by atoms with E-state index < -0.39 is 0 Å². The zero-order chi connectivity index (χ0) is 17.1. The van der Waals surface area contributed by atoms with Crippen LogP contribution in [0.5, 0.6) is 5.75 Å². The quantitative estimate of drug-likeness (QED) is 0.941. The molecule has 124 valence electrons. The van der Waals surface area contributed by atoms with Crippen molar-refractivity contribution in [3.8, 4) is 5.75 Å². The Kier molecular flexibility index (Phi) is 4.51. The molecule has 0 aliphatic carbocycles. The molecule has 1 heterocycles. The van der Waals surface area contributed by atoms with Crippen molar-refractivity contribution < 1.29 is 14.7 Å². The Balaban J connectivity index is 1.99. The van der Waals surface area contributed by atoms with Gasteiger partial charge in [-0.3, -0.25) is 9.59 Å². The first kappa shape index (κ1) is 16.1. The number of para-hydroxylation sites is 1. The molecular weight excluding hydrogens is 304 g/mol. The predicted octanol–water partition coefficient (Wildman–Crippen LogP) is 2.79. The Labute approximate surface area is 141 Å². The van der Waals surface area contributed by atoms with Crippen molar-refractivity contribution in [2.75, 3.05) is 18.0 Å². The molecule has 5 nitrogen and oxygen atoms in total. The molecule has 2 amide bonds. The van der Waals surface area contributed by atoms with Gasteiger partial charge in [0.05, 0.1) is 17.8 Å². The molecule has 2 aromatic rings. The molecule has 1 N–H and O–H groups in total. The molecule has 1 aliphatic heterocycles. The van der Waals surface area contributed by atoms with Crippen LogP contribution in [-0.4, -0.2) is 34.9 Å². The molecule has 0 fully saturated rings. The van der Waals surface area contributed by atoms with Gasteiger partial charge in [-0.1, -0.05) is 31.2 Å². The van der Waals surface area contributed by atoms with Crippen LogP contribution in [0.25, 0.3) is 0 Å². The summed E-state index contributed by atoms with van der Waals surface area (Å²) < 4.78 is 0. The number of phenols is 1. The highest BCUT2D eigenvalue weighted by molar-refractivity contribution is 6.09. The third kappa shape index (κ3) is 3.11. The number of phenolic OH excluding ortho intramolecular Hbond substituents is 1. The van der Waals surface area contributed by atoms with Gasteiger partial charge in [-0.15, -0.1) is 0 Å². The summed E-state index contributed by atoms with van der Waals surface area (Å²) in [6, 6.07) is 14.0. The lowest BCUT2D eigenvalue weighted by atomic mass is 10.1. The number of amides is 2. The Morgan fingerprint density at radius 3 is 2.46 bits per heavy atom. The summed E-state index contributed by atoms with van der Waals surface area (Å²) in [6.45, 7) is 3.00. The molecule has 0 unspecified atom stereocenters. The topological polar surface area (TPSA) is 60.9 Å². The number of carbonyl (C=O) groups excluding carboxylic acids is 2. The molecular formula is C19H20N2O3. The SMILES string of the molecule is CCCN1CC(=O)N(Cc2ccc(O)cc2)c2ccccc2C1=O. The number of carbonyl (C=O) groups is 2. The third-order valence-corrected chi connectivity index (χ3v) is 4.11. The Morgan fingerprint density at radius 1 is 1.04 bits per heavy atom. The van der Waals surface area contributed by atoms with Crippen molar-refractivity contribution in [3.05, 3.63) is 59.7 Å². The minimum absolute atomic E-state index is 0.0828. The molecule has 0 saturated heterocycles. The van der Waals surface area contributed by atoms with E-state index in [-0.39, 0.29) is 24.1 Å². The number of nitrogens with zero attached hydrogens (tertiary/aromatic N) is 2. The van der Waals surface area contributed by atoms with Gasteiger partial charge in [-0.25, -0.2) is 0 Å². The molecule has 2 aromatic carbocycles. The van der Waals surface area contributed by atoms with Crippen molar-refractivity contribution in [2.45, 2.75) is 19.9 Å². The monoisotopic (exact) mass is 324 g/mol. The van der Waals surface area contributed by atoms with E-state index in [0.29, 0.717) is 24.3 Å². The number of anilines is 1. The van der Waals surface area contributed by atoms with Crippen molar-refractivity contribution in [2.24, 2.45) is 0 Å². The van der Waals surface area contributed by atoms with Crippen LogP contribution in [0.2, 0.25) is 0 Å². The smallest absolute Gasteiger partial charge is 0.256 e. The highest BCUT2D eigenvalue weighted by Gasteiger charge is 2.30. The molecule has 3 rings (SSSR count). The summed E-state index contributed by atoms with van der Waals surface area (Å²) in [4.78, 5) is 28.7. The summed E-state index contributed by atoms with van der Waals surface area (Å²) in [5, 5.41) is 9.41. The van der Waals surface area contributed by atoms with Gasteiger partial charge >= 0.3 is 0 Å². The molecule has 5 heteroatoms. The van der Waals surface area contributed by atoms with E-state index in [4.69, 9.17) is 0 Å². The maximum absolute atomic E-state index is 12.8. The maximum atomic E-state index is 12.8. The fourth-order valence-electron chi connectivity index (χ4n) is 2.92. The minimum Gasteiger partial charge on any atom is -0.508 e. The Bertz CT molecular complexity index is 755. The summed E-state index contributed by atoms with van der Waals surface area (Å²) in [5.74, 6) is -0.0190. The molecule has 1 aliphatic rings. The number of fused-ring (bicyclic) bond motifs is 1. The summed E-state index contributed by atoms with van der Waals surface area (Å²) in [7, 11) is 0. The van der Waals surface area contributed by atoms with Gasteiger partial charge in [0.2, 0.25) is 5.91 Å². The average Bonchev–Trinajstić information content (AvgIpc) is 2.68. The largest absolute Gasteiger partial charge is 0.508 e. The van der Waals surface area contributed by atoms with Crippen LogP contribution in [0.1, 0.15) is 29.3 Å². The van der Waals surface area contributed by atoms with Gasteiger partial charge in [-0.2, -0.15) is 0 Å². The van der Waals surface area contributed by atoms with E-state index in [1.165, 1.54) is 0 Å². The highest BCUT2D eigenvalue weighted by Crippen LogP contribution is 2.27. The third-order valence-electron chi connectivity index (χ3n) is 4.11. The summed E-state index contributed by atoms with van der Waals surface area (Å²) in [6.07, 6.45) is 0.805. The van der Waals surface area contributed by atoms with Gasteiger partial charge in [0.25, 0.3) is 5.91 Å². The van der Waals surface area contributed by atoms with Crippen LogP contribution < -0.4 is 4.90 Å². The summed E-state index contributed by atoms with van der Waals surface area (Å²) in [5.41, 5.74) is 2.09. The molecule has 0 aromatic heterocycles. The normalized spacial score (nSPS) is 14.5. The lowest BCUT2D eigenvalue weighted by molar-refractivity contribution is -0.119. The van der Waals surface area contributed by atoms with E-state index in [2.05, 4.69) is 0 Å². The maximum Gasteiger partial charge on any atom is 0.256 e. The first-order chi connectivity index (χ1) is 11.6. The lowest BCUT2D eigenvalue weighted by Crippen LogP contribution is -2.39. The van der Waals surface area contributed by atoms with Crippen molar-refractivity contribution in [1.82, 2.24) is 4.90 Å². The van der Waals surface area contributed by atoms with E-state index in [1.54, 1.807) is 46.2 Å². The number of hydrogen-bond donors (Lipinski definition) is 1. The van der Waals surface area contributed by atoms with Crippen LogP contribution in [0.15, 0.2) is 48.5 Å². The van der Waals surface area contributed by atoms with E-state index in [1.807, 2.05) is 19.1 Å². The zero-order valence-electron chi connectivity index (χ0n) is 13.6. The van der Waals surface area contributed by atoms with Gasteiger partial charge in [-0.05, 0) is 36.2 Å². The number of rotatable bonds is 4. The molecule has 24 heavy (non-hydrogen) atoms. The average molecular weight is 324 g/mol. The van der Waals surface area contributed by atoms with Gasteiger partial charge < -0.3 is 14.9 Å². The van der Waals surface area contributed by atoms with Gasteiger partial charge in [0.1, 0.15) is 12.3 Å². The fourth-order valence-corrected chi connectivity index (χ4v) is 2.92. The second-order valence-electron chi connectivity index (χ2n) is 5.89. The number of hydrogen-bond acceptors (Lipinski definition) is 3. The zero-order valence-corrected chi connectivity index (χ0v) is 13.6. The molecule has 0 atom stereocenters. The molecule has 0 spiro atoms. The van der Waals surface area contributed by atoms with E-state index in [9.17, 15) is 14.7 Å². The second-order valence-corrected chi connectivity index (χ2v) is 5.89. The summed E-state index contributed by atoms with van der Waals surface area (Å²) >= 11 is 0. The molecule has 0 bridgehead atoms. The van der Waals surface area contributed by atoms with Crippen LogP contribution in [0.3, 0.4) is 0 Å². The predicted molar refractivity (Wildman–Crippen MR) is 91.9 cm³/mol. The highest BCUT2D eigenvalue weighted by atomic mass is 16.3. The number of aromatic hydroxyl groups is 1. The van der Waals surface area contributed by atoms with Crippen molar-refractivity contribution >= 4 is 17.5 Å².